The predicted octanol–water partition coefficient (Wildman–Crippen LogP) is 5.33. The molecule has 0 fully saturated rings. The van der Waals surface area contributed by atoms with Crippen LogP contribution in [0.2, 0.25) is 0 Å². The fourth-order valence-corrected chi connectivity index (χ4v) is 6.10. The van der Waals surface area contributed by atoms with Gasteiger partial charge in [-0.3, -0.25) is 9.36 Å². The van der Waals surface area contributed by atoms with Gasteiger partial charge in [-0.1, -0.05) is 24.3 Å². The van der Waals surface area contributed by atoms with Crippen molar-refractivity contribution in [2.75, 3.05) is 18.2 Å². The van der Waals surface area contributed by atoms with Crippen LogP contribution >= 0.6 is 39.0 Å². The maximum Gasteiger partial charge on any atom is 0.341 e. The number of aromatic nitrogens is 3. The van der Waals surface area contributed by atoms with Crippen molar-refractivity contribution in [3.8, 4) is 11.6 Å². The van der Waals surface area contributed by atoms with Crippen molar-refractivity contribution in [2.45, 2.75) is 43.8 Å². The molecule has 33 heavy (non-hydrogen) atoms. The van der Waals surface area contributed by atoms with E-state index in [-0.39, 0.29) is 11.7 Å². The van der Waals surface area contributed by atoms with Gasteiger partial charge in [-0.25, -0.2) is 4.79 Å². The second-order valence-corrected chi connectivity index (χ2v) is 10.2. The lowest BCUT2D eigenvalue weighted by atomic mass is 10.1. The van der Waals surface area contributed by atoms with Crippen molar-refractivity contribution in [3.63, 3.8) is 0 Å². The summed E-state index contributed by atoms with van der Waals surface area (Å²) < 4.78 is 13.0. The van der Waals surface area contributed by atoms with Crippen LogP contribution in [-0.4, -0.2) is 39.5 Å². The quantitative estimate of drug-likeness (QED) is 0.175. The van der Waals surface area contributed by atoms with Gasteiger partial charge >= 0.3 is 5.97 Å². The number of halogens is 1. The van der Waals surface area contributed by atoms with E-state index in [0.29, 0.717) is 38.5 Å². The van der Waals surface area contributed by atoms with E-state index >= 15 is 0 Å². The van der Waals surface area contributed by atoms with Crippen LogP contribution in [0.1, 0.15) is 40.1 Å². The van der Waals surface area contributed by atoms with Gasteiger partial charge in [0.1, 0.15) is 5.00 Å². The van der Waals surface area contributed by atoms with E-state index in [1.807, 2.05) is 4.57 Å². The number of amides is 1. The number of furan rings is 1. The van der Waals surface area contributed by atoms with Crippen LogP contribution in [0, 0.1) is 0 Å². The minimum Gasteiger partial charge on any atom is -0.465 e. The number of hydrogen-bond acceptors (Lipinski definition) is 8. The molecule has 0 atom stereocenters. The summed E-state index contributed by atoms with van der Waals surface area (Å²) in [6.45, 7) is 4.26. The molecule has 0 saturated heterocycles. The molecular formula is C22H23BrN4O4S2. The molecule has 0 aromatic carbocycles. The maximum atomic E-state index is 12.8. The van der Waals surface area contributed by atoms with Crippen LogP contribution in [0.3, 0.4) is 0 Å². The Morgan fingerprint density at radius 3 is 2.88 bits per heavy atom. The molecule has 0 radical (unpaired) electrons. The Kier molecular flexibility index (Phi) is 7.71. The monoisotopic (exact) mass is 550 g/mol. The van der Waals surface area contributed by atoms with Gasteiger partial charge in [0.25, 0.3) is 0 Å². The number of esters is 1. The second kappa shape index (κ2) is 10.7. The molecule has 1 aliphatic rings. The van der Waals surface area contributed by atoms with Crippen LogP contribution < -0.4 is 5.32 Å². The Hall–Kier alpha value is -2.37. The summed E-state index contributed by atoms with van der Waals surface area (Å²) in [4.78, 5) is 26.4. The van der Waals surface area contributed by atoms with Gasteiger partial charge in [0, 0.05) is 11.4 Å². The average molecular weight is 551 g/mol. The molecule has 0 saturated carbocycles. The van der Waals surface area contributed by atoms with Crippen molar-refractivity contribution < 1.29 is 18.7 Å². The van der Waals surface area contributed by atoms with Gasteiger partial charge in [0.2, 0.25) is 11.7 Å². The minimum absolute atomic E-state index is 0.111. The number of carbonyl (C=O) groups is 2. The van der Waals surface area contributed by atoms with Crippen LogP contribution in [0.5, 0.6) is 0 Å². The Balaban J connectivity index is 1.50. The smallest absolute Gasteiger partial charge is 0.341 e. The first-order valence-corrected chi connectivity index (χ1v) is 13.1. The third kappa shape index (κ3) is 5.25. The molecule has 0 aliphatic heterocycles. The first kappa shape index (κ1) is 23.8. The lowest BCUT2D eigenvalue weighted by Gasteiger charge is -2.08. The molecule has 0 unspecified atom stereocenters. The molecule has 1 amide bonds. The molecule has 3 aromatic heterocycles. The van der Waals surface area contributed by atoms with E-state index in [0.717, 1.165) is 42.5 Å². The van der Waals surface area contributed by atoms with E-state index in [1.165, 1.54) is 30.2 Å². The highest BCUT2D eigenvalue weighted by molar-refractivity contribution is 9.10. The highest BCUT2D eigenvalue weighted by Crippen LogP contribution is 2.38. The number of thiophene rings is 1. The number of allylic oxidation sites excluding steroid dienone is 1. The molecule has 174 valence electrons. The van der Waals surface area contributed by atoms with Gasteiger partial charge in [-0.15, -0.1) is 28.1 Å². The normalized spacial score (nSPS) is 13.3. The zero-order valence-electron chi connectivity index (χ0n) is 18.1. The van der Waals surface area contributed by atoms with E-state index in [2.05, 4.69) is 38.0 Å². The largest absolute Gasteiger partial charge is 0.465 e. The topological polar surface area (TPSA) is 99.2 Å². The maximum absolute atomic E-state index is 12.8. The number of hydrogen-bond donors (Lipinski definition) is 1. The van der Waals surface area contributed by atoms with Gasteiger partial charge in [-0.05, 0) is 59.3 Å². The summed E-state index contributed by atoms with van der Waals surface area (Å²) in [5, 5.41) is 12.5. The highest BCUT2D eigenvalue weighted by atomic mass is 79.9. The molecule has 4 rings (SSSR count). The average Bonchev–Trinajstić information content (AvgIpc) is 3.45. The molecule has 0 bridgehead atoms. The zero-order valence-corrected chi connectivity index (χ0v) is 21.3. The highest BCUT2D eigenvalue weighted by Gasteiger charge is 2.26. The number of aryl methyl sites for hydroxylation is 1. The molecule has 3 heterocycles. The second-order valence-electron chi connectivity index (χ2n) is 7.41. The van der Waals surface area contributed by atoms with Crippen LogP contribution in [0.15, 0.2) is 39.0 Å². The van der Waals surface area contributed by atoms with Gasteiger partial charge < -0.3 is 14.5 Å². The number of methoxy groups -OCH3 is 1. The third-order valence-electron chi connectivity index (χ3n) is 5.22. The van der Waals surface area contributed by atoms with E-state index in [1.54, 1.807) is 18.2 Å². The summed E-state index contributed by atoms with van der Waals surface area (Å²) in [5.74, 6) is 0.600. The van der Waals surface area contributed by atoms with Crippen molar-refractivity contribution in [2.24, 2.45) is 0 Å². The fourth-order valence-electron chi connectivity index (χ4n) is 3.75. The van der Waals surface area contributed by atoms with Crippen molar-refractivity contribution in [1.82, 2.24) is 14.8 Å². The Bertz CT molecular complexity index is 1180. The Labute approximate surface area is 207 Å². The molecular weight excluding hydrogens is 528 g/mol. The number of fused-ring (bicyclic) bond motifs is 1. The van der Waals surface area contributed by atoms with Crippen molar-refractivity contribution in [1.29, 1.82) is 0 Å². The summed E-state index contributed by atoms with van der Waals surface area (Å²) in [5.41, 5.74) is 1.52. The van der Waals surface area contributed by atoms with Gasteiger partial charge in [0.15, 0.2) is 15.6 Å². The number of nitrogens with one attached hydrogen (secondary N) is 1. The molecule has 11 heteroatoms. The number of carbonyl (C=O) groups excluding carboxylic acids is 2. The third-order valence-corrected chi connectivity index (χ3v) is 7.82. The van der Waals surface area contributed by atoms with Gasteiger partial charge in [0.05, 0.1) is 18.4 Å². The summed E-state index contributed by atoms with van der Waals surface area (Å²) in [7, 11) is 1.37. The van der Waals surface area contributed by atoms with Crippen LogP contribution in [-0.2, 0) is 28.9 Å². The minimum atomic E-state index is -0.405. The first-order chi connectivity index (χ1) is 16.0. The summed E-state index contributed by atoms with van der Waals surface area (Å²) in [6.07, 6.45) is 6.75. The molecule has 3 aromatic rings. The lowest BCUT2D eigenvalue weighted by Crippen LogP contribution is -2.16. The van der Waals surface area contributed by atoms with E-state index in [4.69, 9.17) is 9.15 Å². The van der Waals surface area contributed by atoms with Crippen LogP contribution in [0.4, 0.5) is 5.00 Å². The number of rotatable bonds is 8. The van der Waals surface area contributed by atoms with Crippen LogP contribution in [0.25, 0.3) is 11.6 Å². The standard InChI is InChI=1S/C22H23BrN4O4S2/c1-3-11-27-19(14-9-10-16(23)31-14)25-26-22(27)32-12-17(28)24-20-18(21(29)30-2)13-7-5-4-6-8-15(13)33-20/h3,9-10H,1,4-8,11-12H2,2H3,(H,24,28). The number of anilines is 1. The van der Waals surface area contributed by atoms with E-state index < -0.39 is 5.97 Å². The molecule has 0 spiro atoms. The first-order valence-electron chi connectivity index (χ1n) is 10.5. The molecule has 1 aliphatic carbocycles. The Morgan fingerprint density at radius 1 is 1.33 bits per heavy atom. The predicted molar refractivity (Wildman–Crippen MR) is 132 cm³/mol. The van der Waals surface area contributed by atoms with Crippen molar-refractivity contribution >= 4 is 55.9 Å². The Morgan fingerprint density at radius 2 is 2.15 bits per heavy atom. The fraction of sp³-hybridized carbons (Fsp3) is 0.364. The lowest BCUT2D eigenvalue weighted by molar-refractivity contribution is -0.113. The molecule has 1 N–H and O–H groups in total. The SMILES string of the molecule is C=CCn1c(SCC(=O)Nc2sc3c(c2C(=O)OC)CCCCC3)nnc1-c1ccc(Br)o1. The zero-order chi connectivity index (χ0) is 23.4. The summed E-state index contributed by atoms with van der Waals surface area (Å²) in [6, 6.07) is 3.58. The molecule has 8 nitrogen and oxygen atoms in total. The number of nitrogens with zero attached hydrogens (tertiary/aromatic N) is 3. The number of thioether (sulfide) groups is 1. The van der Waals surface area contributed by atoms with Crippen molar-refractivity contribution in [3.05, 3.63) is 45.5 Å². The van der Waals surface area contributed by atoms with Gasteiger partial charge in [-0.2, -0.15) is 0 Å². The summed E-state index contributed by atoms with van der Waals surface area (Å²) >= 11 is 6.03. The van der Waals surface area contributed by atoms with E-state index in [9.17, 15) is 9.59 Å². The number of ether oxygens (including phenoxy) is 1.